The molecule has 0 aliphatic carbocycles. The van der Waals surface area contributed by atoms with Gasteiger partial charge in [0.2, 0.25) is 10.0 Å². The van der Waals surface area contributed by atoms with Crippen LogP contribution >= 0.6 is 15.9 Å². The lowest BCUT2D eigenvalue weighted by molar-refractivity contribution is 0.459. The lowest BCUT2D eigenvalue weighted by Crippen LogP contribution is -2.37. The van der Waals surface area contributed by atoms with Crippen LogP contribution in [0.1, 0.15) is 18.4 Å². The molecule has 2 rings (SSSR count). The highest BCUT2D eigenvalue weighted by molar-refractivity contribution is 9.10. The maximum atomic E-state index is 12.2. The van der Waals surface area contributed by atoms with E-state index in [0.717, 1.165) is 29.4 Å². The Morgan fingerprint density at radius 3 is 2.89 bits per heavy atom. The third-order valence-corrected chi connectivity index (χ3v) is 5.74. The molecule has 1 aromatic carbocycles. The van der Waals surface area contributed by atoms with Crippen LogP contribution in [-0.4, -0.2) is 38.1 Å². The normalized spacial score (nSPS) is 20.1. The molecule has 1 atom stereocenters. The van der Waals surface area contributed by atoms with E-state index < -0.39 is 10.0 Å². The van der Waals surface area contributed by atoms with Crippen molar-refractivity contribution in [2.24, 2.45) is 0 Å². The molecule has 106 valence electrons. The molecule has 0 saturated carbocycles. The molecule has 1 fully saturated rings. The van der Waals surface area contributed by atoms with Gasteiger partial charge in [0.15, 0.2) is 0 Å². The largest absolute Gasteiger partial charge is 0.313 e. The van der Waals surface area contributed by atoms with Gasteiger partial charge >= 0.3 is 0 Å². The Kier molecular flexibility index (Phi) is 5.00. The molecule has 1 aromatic rings. The number of nitrogens with one attached hydrogen (secondary N) is 1. The van der Waals surface area contributed by atoms with Gasteiger partial charge in [0.25, 0.3) is 0 Å². The van der Waals surface area contributed by atoms with Crippen molar-refractivity contribution in [2.75, 3.05) is 19.3 Å². The predicted molar refractivity (Wildman–Crippen MR) is 80.4 cm³/mol. The summed E-state index contributed by atoms with van der Waals surface area (Å²) >= 11 is 3.40. The first-order chi connectivity index (χ1) is 8.97. The second-order valence-electron chi connectivity index (χ2n) is 4.96. The van der Waals surface area contributed by atoms with Gasteiger partial charge in [0.1, 0.15) is 0 Å². The van der Waals surface area contributed by atoms with Crippen LogP contribution in [0.25, 0.3) is 0 Å². The summed E-state index contributed by atoms with van der Waals surface area (Å²) < 4.78 is 26.9. The molecule has 0 spiro atoms. The number of rotatable bonds is 5. The van der Waals surface area contributed by atoms with Crippen molar-refractivity contribution < 1.29 is 8.42 Å². The summed E-state index contributed by atoms with van der Waals surface area (Å²) in [6.45, 7) is 1.34. The van der Waals surface area contributed by atoms with E-state index >= 15 is 0 Å². The fraction of sp³-hybridized carbons (Fsp3) is 0.538. The Balaban J connectivity index is 1.99. The van der Waals surface area contributed by atoms with Crippen LogP contribution in [0.2, 0.25) is 0 Å². The molecular formula is C13H19BrN2O2S. The molecule has 1 N–H and O–H groups in total. The summed E-state index contributed by atoms with van der Waals surface area (Å²) in [6.07, 6.45) is 2.01. The van der Waals surface area contributed by atoms with Crippen molar-refractivity contribution in [3.8, 4) is 0 Å². The molecule has 0 amide bonds. The maximum absolute atomic E-state index is 12.2. The highest BCUT2D eigenvalue weighted by Crippen LogP contribution is 2.16. The van der Waals surface area contributed by atoms with Crippen molar-refractivity contribution in [3.05, 3.63) is 34.3 Å². The highest BCUT2D eigenvalue weighted by Gasteiger charge is 2.25. The summed E-state index contributed by atoms with van der Waals surface area (Å²) in [7, 11) is -1.56. The lowest BCUT2D eigenvalue weighted by atomic mass is 10.2. The quantitative estimate of drug-likeness (QED) is 0.886. The molecule has 1 saturated heterocycles. The second kappa shape index (κ2) is 6.35. The first kappa shape index (κ1) is 15.0. The Morgan fingerprint density at radius 2 is 2.26 bits per heavy atom. The summed E-state index contributed by atoms with van der Waals surface area (Å²) in [4.78, 5) is 0. The Hall–Kier alpha value is -0.430. The highest BCUT2D eigenvalue weighted by atomic mass is 79.9. The van der Waals surface area contributed by atoms with Crippen LogP contribution < -0.4 is 5.32 Å². The number of nitrogens with zero attached hydrogens (tertiary/aromatic N) is 1. The van der Waals surface area contributed by atoms with Gasteiger partial charge in [-0.05, 0) is 37.1 Å². The van der Waals surface area contributed by atoms with Gasteiger partial charge < -0.3 is 5.32 Å². The average molecular weight is 347 g/mol. The minimum absolute atomic E-state index is 0.106. The summed E-state index contributed by atoms with van der Waals surface area (Å²) in [6, 6.07) is 7.83. The van der Waals surface area contributed by atoms with Crippen LogP contribution in [0, 0.1) is 0 Å². The smallest absolute Gasteiger partial charge is 0.215 e. The number of halogens is 1. The van der Waals surface area contributed by atoms with Crippen molar-refractivity contribution in [1.29, 1.82) is 0 Å². The number of hydrogen-bond donors (Lipinski definition) is 1. The molecule has 1 aliphatic rings. The first-order valence-electron chi connectivity index (χ1n) is 6.39. The van der Waals surface area contributed by atoms with Crippen LogP contribution in [0.15, 0.2) is 28.7 Å². The fourth-order valence-electron chi connectivity index (χ4n) is 2.27. The van der Waals surface area contributed by atoms with Gasteiger partial charge in [-0.15, -0.1) is 0 Å². The summed E-state index contributed by atoms with van der Waals surface area (Å²) in [5.41, 5.74) is 0.986. The zero-order valence-electron chi connectivity index (χ0n) is 11.0. The van der Waals surface area contributed by atoms with Gasteiger partial charge in [-0.2, -0.15) is 0 Å². The number of sulfonamides is 1. The summed E-state index contributed by atoms with van der Waals surface area (Å²) in [5.74, 6) is 0.192. The molecule has 1 heterocycles. The van der Waals surface area contributed by atoms with Gasteiger partial charge in [0, 0.05) is 24.1 Å². The van der Waals surface area contributed by atoms with Crippen LogP contribution in [0.4, 0.5) is 0 Å². The van der Waals surface area contributed by atoms with Crippen LogP contribution in [0.5, 0.6) is 0 Å². The summed E-state index contributed by atoms with van der Waals surface area (Å²) in [5, 5.41) is 3.23. The van der Waals surface area contributed by atoms with Gasteiger partial charge in [-0.3, -0.25) is 0 Å². The monoisotopic (exact) mass is 346 g/mol. The van der Waals surface area contributed by atoms with Gasteiger partial charge in [0.05, 0.1) is 5.75 Å². The van der Waals surface area contributed by atoms with Crippen molar-refractivity contribution in [2.45, 2.75) is 25.4 Å². The van der Waals surface area contributed by atoms with Gasteiger partial charge in [-0.1, -0.05) is 28.1 Å². The van der Waals surface area contributed by atoms with E-state index in [9.17, 15) is 8.42 Å². The predicted octanol–water partition coefficient (Wildman–Crippen LogP) is 1.96. The molecule has 1 unspecified atom stereocenters. The van der Waals surface area contributed by atoms with E-state index in [4.69, 9.17) is 0 Å². The molecule has 19 heavy (non-hydrogen) atoms. The molecule has 6 heteroatoms. The van der Waals surface area contributed by atoms with E-state index in [2.05, 4.69) is 21.2 Å². The molecule has 0 aromatic heterocycles. The first-order valence-corrected chi connectivity index (χ1v) is 8.79. The Labute approximate surface area is 123 Å². The van der Waals surface area contributed by atoms with E-state index in [1.165, 1.54) is 4.31 Å². The number of benzene rings is 1. The zero-order valence-corrected chi connectivity index (χ0v) is 13.4. The third-order valence-electron chi connectivity index (χ3n) is 3.34. The molecule has 0 bridgehead atoms. The Bertz CT molecular complexity index is 527. The van der Waals surface area contributed by atoms with E-state index in [0.29, 0.717) is 6.54 Å². The van der Waals surface area contributed by atoms with E-state index in [-0.39, 0.29) is 11.8 Å². The number of hydrogen-bond acceptors (Lipinski definition) is 3. The molecule has 4 nitrogen and oxygen atoms in total. The zero-order chi connectivity index (χ0) is 13.9. The minimum Gasteiger partial charge on any atom is -0.313 e. The van der Waals surface area contributed by atoms with E-state index in [1.807, 2.05) is 24.3 Å². The van der Waals surface area contributed by atoms with Crippen molar-refractivity contribution in [3.63, 3.8) is 0 Å². The van der Waals surface area contributed by atoms with Crippen LogP contribution in [0.3, 0.4) is 0 Å². The lowest BCUT2D eigenvalue weighted by Gasteiger charge is -2.20. The van der Waals surface area contributed by atoms with Gasteiger partial charge in [-0.25, -0.2) is 12.7 Å². The minimum atomic E-state index is -3.20. The van der Waals surface area contributed by atoms with Crippen LogP contribution in [-0.2, 0) is 16.6 Å². The molecule has 0 radical (unpaired) electrons. The topological polar surface area (TPSA) is 49.4 Å². The molecule has 1 aliphatic heterocycles. The standard InChI is InChI=1S/C13H19BrN2O2S/c1-16(9-11-4-2-5-12(14)8-11)19(17,18)10-13-6-3-7-15-13/h2,4-5,8,13,15H,3,6-7,9-10H2,1H3. The van der Waals surface area contributed by atoms with Crippen molar-refractivity contribution >= 4 is 26.0 Å². The maximum Gasteiger partial charge on any atom is 0.215 e. The SMILES string of the molecule is CN(Cc1cccc(Br)c1)S(=O)(=O)CC1CCCN1. The fourth-order valence-corrected chi connectivity index (χ4v) is 4.11. The second-order valence-corrected chi connectivity index (χ2v) is 7.99. The van der Waals surface area contributed by atoms with Crippen molar-refractivity contribution in [1.82, 2.24) is 9.62 Å². The Morgan fingerprint density at radius 1 is 1.47 bits per heavy atom. The third kappa shape index (κ3) is 4.27. The molecular weight excluding hydrogens is 328 g/mol. The average Bonchev–Trinajstić information content (AvgIpc) is 2.81. The van der Waals surface area contributed by atoms with E-state index in [1.54, 1.807) is 7.05 Å².